The van der Waals surface area contributed by atoms with Gasteiger partial charge >= 0.3 is 5.97 Å². The number of hydrogen-bond acceptors (Lipinski definition) is 3. The van der Waals surface area contributed by atoms with Crippen molar-refractivity contribution in [3.05, 3.63) is 94.5 Å². The Morgan fingerprint density at radius 2 is 1.57 bits per heavy atom. The molecule has 0 spiro atoms. The van der Waals surface area contributed by atoms with Crippen LogP contribution in [0.5, 0.6) is 0 Å². The monoisotopic (exact) mass is 528 g/mol. The Balaban J connectivity index is 1.99. The lowest BCUT2D eigenvalue weighted by Crippen LogP contribution is -2.58. The Bertz CT molecular complexity index is 1290. The van der Waals surface area contributed by atoms with Crippen LogP contribution in [0.4, 0.5) is 8.78 Å². The standard InChI is InChI=1S/C28H27ClF2N2O4/c1-28(2,16-17-3-10-21(30)11-4-17)33(24(26(32)36)13-14-25(34)35)27(37)19-7-5-18(6-8-19)20-9-12-23(31)22(29)15-20/h3-12,15,24H,13-14,16H2,1-2H3,(H2,32,36)(H,34,35)/t24-/m0/s1. The second-order valence-corrected chi connectivity index (χ2v) is 9.75. The Labute approximate surface area is 218 Å². The maximum absolute atomic E-state index is 13.8. The average Bonchev–Trinajstić information content (AvgIpc) is 2.84. The van der Waals surface area contributed by atoms with Crippen molar-refractivity contribution in [3.8, 4) is 11.1 Å². The van der Waals surface area contributed by atoms with Crippen molar-refractivity contribution in [2.45, 2.75) is 44.7 Å². The number of rotatable bonds is 10. The third-order valence-corrected chi connectivity index (χ3v) is 6.37. The summed E-state index contributed by atoms with van der Waals surface area (Å²) in [5.74, 6) is -3.44. The number of carbonyl (C=O) groups excluding carboxylic acids is 2. The van der Waals surface area contributed by atoms with Crippen molar-refractivity contribution < 1.29 is 28.3 Å². The summed E-state index contributed by atoms with van der Waals surface area (Å²) in [6.07, 6.45) is -0.286. The predicted octanol–water partition coefficient (Wildman–Crippen LogP) is 5.47. The summed E-state index contributed by atoms with van der Waals surface area (Å²) < 4.78 is 27.0. The highest BCUT2D eigenvalue weighted by molar-refractivity contribution is 6.31. The highest BCUT2D eigenvalue weighted by atomic mass is 35.5. The molecule has 37 heavy (non-hydrogen) atoms. The second-order valence-electron chi connectivity index (χ2n) is 9.35. The topological polar surface area (TPSA) is 101 Å². The largest absolute Gasteiger partial charge is 0.481 e. The lowest BCUT2D eigenvalue weighted by Gasteiger charge is -2.43. The van der Waals surface area contributed by atoms with Gasteiger partial charge in [-0.2, -0.15) is 0 Å². The Hall–Kier alpha value is -3.78. The second kappa shape index (κ2) is 11.5. The molecule has 0 aromatic heterocycles. The van der Waals surface area contributed by atoms with E-state index in [1.807, 2.05) is 0 Å². The summed E-state index contributed by atoms with van der Waals surface area (Å²) >= 11 is 5.89. The Kier molecular flexibility index (Phi) is 8.65. The maximum Gasteiger partial charge on any atom is 0.303 e. The van der Waals surface area contributed by atoms with Crippen LogP contribution in [0.15, 0.2) is 66.7 Å². The molecule has 3 rings (SSSR count). The van der Waals surface area contributed by atoms with E-state index in [0.29, 0.717) is 16.7 Å². The van der Waals surface area contributed by atoms with Crippen LogP contribution in [0.2, 0.25) is 5.02 Å². The molecule has 3 aromatic carbocycles. The summed E-state index contributed by atoms with van der Waals surface area (Å²) in [4.78, 5) is 38.9. The van der Waals surface area contributed by atoms with E-state index in [1.165, 1.54) is 29.2 Å². The van der Waals surface area contributed by atoms with E-state index in [1.54, 1.807) is 56.3 Å². The zero-order valence-corrected chi connectivity index (χ0v) is 21.1. The zero-order valence-electron chi connectivity index (χ0n) is 20.4. The van der Waals surface area contributed by atoms with Crippen molar-refractivity contribution in [1.29, 1.82) is 0 Å². The fourth-order valence-corrected chi connectivity index (χ4v) is 4.48. The summed E-state index contributed by atoms with van der Waals surface area (Å²) in [6.45, 7) is 3.47. The molecule has 0 saturated heterocycles. The van der Waals surface area contributed by atoms with Crippen LogP contribution < -0.4 is 5.73 Å². The van der Waals surface area contributed by atoms with Crippen LogP contribution in [-0.2, 0) is 16.0 Å². The number of nitrogens with two attached hydrogens (primary N) is 1. The first-order valence-corrected chi connectivity index (χ1v) is 11.9. The number of carboxylic acids is 1. The van der Waals surface area contributed by atoms with Gasteiger partial charge in [-0.3, -0.25) is 14.4 Å². The van der Waals surface area contributed by atoms with Crippen LogP contribution in [-0.4, -0.2) is 39.4 Å². The lowest BCUT2D eigenvalue weighted by molar-refractivity contribution is -0.137. The minimum absolute atomic E-state index is 0.0332. The molecule has 0 aliphatic rings. The predicted molar refractivity (Wildman–Crippen MR) is 137 cm³/mol. The molecule has 9 heteroatoms. The van der Waals surface area contributed by atoms with Crippen LogP contribution in [0.1, 0.15) is 42.6 Å². The average molecular weight is 529 g/mol. The van der Waals surface area contributed by atoms with Gasteiger partial charge < -0.3 is 15.7 Å². The highest BCUT2D eigenvalue weighted by Crippen LogP contribution is 2.29. The van der Waals surface area contributed by atoms with Crippen molar-refractivity contribution in [3.63, 3.8) is 0 Å². The van der Waals surface area contributed by atoms with Gasteiger partial charge in [-0.25, -0.2) is 8.78 Å². The number of carbonyl (C=O) groups is 3. The minimum atomic E-state index is -1.20. The molecule has 6 nitrogen and oxygen atoms in total. The van der Waals surface area contributed by atoms with Crippen molar-refractivity contribution in [2.75, 3.05) is 0 Å². The molecular formula is C28H27ClF2N2O4. The minimum Gasteiger partial charge on any atom is -0.481 e. The van der Waals surface area contributed by atoms with Gasteiger partial charge in [0.25, 0.3) is 5.91 Å². The molecule has 3 aromatic rings. The number of nitrogens with zero attached hydrogens (tertiary/aromatic N) is 1. The molecule has 0 saturated carbocycles. The van der Waals surface area contributed by atoms with E-state index in [2.05, 4.69) is 0 Å². The number of halogens is 3. The molecule has 0 aliphatic carbocycles. The smallest absolute Gasteiger partial charge is 0.303 e. The van der Waals surface area contributed by atoms with Gasteiger partial charge in [-0.1, -0.05) is 41.9 Å². The summed E-state index contributed by atoms with van der Waals surface area (Å²) in [6, 6.07) is 15.3. The molecule has 2 amide bonds. The van der Waals surface area contributed by atoms with E-state index < -0.39 is 41.0 Å². The number of hydrogen-bond donors (Lipinski definition) is 2. The summed E-state index contributed by atoms with van der Waals surface area (Å²) in [5, 5.41) is 9.16. The van der Waals surface area contributed by atoms with Crippen LogP contribution in [0.25, 0.3) is 11.1 Å². The van der Waals surface area contributed by atoms with E-state index >= 15 is 0 Å². The zero-order chi connectivity index (χ0) is 27.3. The fourth-order valence-electron chi connectivity index (χ4n) is 4.30. The van der Waals surface area contributed by atoms with Crippen molar-refractivity contribution in [1.82, 2.24) is 4.90 Å². The first-order valence-electron chi connectivity index (χ1n) is 11.5. The molecule has 0 radical (unpaired) electrons. The van der Waals surface area contributed by atoms with Crippen molar-refractivity contribution >= 4 is 29.4 Å². The number of aliphatic carboxylic acids is 1. The lowest BCUT2D eigenvalue weighted by atomic mass is 9.89. The fraction of sp³-hybridized carbons (Fsp3) is 0.250. The van der Waals surface area contributed by atoms with Gasteiger partial charge in [-0.05, 0) is 79.8 Å². The van der Waals surface area contributed by atoms with Crippen LogP contribution in [0, 0.1) is 11.6 Å². The van der Waals surface area contributed by atoms with Gasteiger partial charge in [-0.15, -0.1) is 0 Å². The number of carboxylic acid groups (broad SMARTS) is 1. The van der Waals surface area contributed by atoms with Gasteiger partial charge in [0.2, 0.25) is 5.91 Å². The first-order chi connectivity index (χ1) is 17.4. The van der Waals surface area contributed by atoms with Gasteiger partial charge in [0.15, 0.2) is 0 Å². The molecule has 3 N–H and O–H groups in total. The van der Waals surface area contributed by atoms with Crippen molar-refractivity contribution in [2.24, 2.45) is 5.73 Å². The van der Waals surface area contributed by atoms with Crippen LogP contribution in [0.3, 0.4) is 0 Å². The third-order valence-electron chi connectivity index (χ3n) is 6.08. The maximum atomic E-state index is 13.8. The molecule has 0 unspecified atom stereocenters. The third kappa shape index (κ3) is 6.92. The van der Waals surface area contributed by atoms with Gasteiger partial charge in [0.05, 0.1) is 5.02 Å². The Morgan fingerprint density at radius 1 is 0.973 bits per heavy atom. The first kappa shape index (κ1) is 27.8. The normalized spacial score (nSPS) is 12.1. The molecule has 0 fully saturated rings. The molecule has 0 bridgehead atoms. The van der Waals surface area contributed by atoms with Gasteiger partial charge in [0.1, 0.15) is 17.7 Å². The SMILES string of the molecule is CC(C)(Cc1ccc(F)cc1)N(C(=O)c1ccc(-c2ccc(F)c(Cl)c2)cc1)[C@@H](CCC(=O)O)C(N)=O. The summed E-state index contributed by atoms with van der Waals surface area (Å²) in [7, 11) is 0. The van der Waals surface area contributed by atoms with Gasteiger partial charge in [0, 0.05) is 17.5 Å². The molecular weight excluding hydrogens is 502 g/mol. The number of benzene rings is 3. The molecule has 0 aliphatic heterocycles. The summed E-state index contributed by atoms with van der Waals surface area (Å²) in [5.41, 5.74) is 6.95. The molecule has 0 heterocycles. The molecule has 194 valence electrons. The number of primary amides is 1. The van der Waals surface area contributed by atoms with E-state index in [0.717, 1.165) is 0 Å². The van der Waals surface area contributed by atoms with Crippen LogP contribution >= 0.6 is 11.6 Å². The molecule has 1 atom stereocenters. The van der Waals surface area contributed by atoms with E-state index in [4.69, 9.17) is 17.3 Å². The highest BCUT2D eigenvalue weighted by Gasteiger charge is 2.39. The van der Waals surface area contributed by atoms with E-state index in [-0.39, 0.29) is 29.8 Å². The Morgan fingerprint density at radius 3 is 2.11 bits per heavy atom. The van der Waals surface area contributed by atoms with E-state index in [9.17, 15) is 28.3 Å². The number of amides is 2. The quantitative estimate of drug-likeness (QED) is 0.364.